The molecule has 4 aromatic carbocycles. The third kappa shape index (κ3) is 5.40. The molecule has 0 aromatic heterocycles. The van der Waals surface area contributed by atoms with Gasteiger partial charge in [0.05, 0.1) is 18.3 Å². The maximum Gasteiger partial charge on any atom is 0.263 e. The molecule has 0 aliphatic carbocycles. The van der Waals surface area contributed by atoms with Crippen LogP contribution < -0.4 is 15.9 Å². The van der Waals surface area contributed by atoms with Gasteiger partial charge in [-0.1, -0.05) is 103 Å². The molecule has 1 aliphatic rings. The zero-order valence-corrected chi connectivity index (χ0v) is 24.3. The maximum absolute atomic E-state index is 14.2. The molecule has 0 spiro atoms. The summed E-state index contributed by atoms with van der Waals surface area (Å²) in [7, 11) is -2.65. The van der Waals surface area contributed by atoms with Crippen LogP contribution in [0.1, 0.15) is 37.0 Å². The lowest BCUT2D eigenvalue weighted by atomic mass is 10.1. The zero-order chi connectivity index (χ0) is 28.8. The lowest BCUT2D eigenvalue weighted by Crippen LogP contribution is -2.49. The van der Waals surface area contributed by atoms with Gasteiger partial charge in [-0.05, 0) is 32.4 Å². The zero-order valence-electron chi connectivity index (χ0n) is 23.4. The van der Waals surface area contributed by atoms with Crippen LogP contribution in [0, 0.1) is 0 Å². The number of likely N-dealkylation sites (N-methyl/N-ethyl adjacent to an activating group) is 1. The third-order valence-corrected chi connectivity index (χ3v) is 11.2. The van der Waals surface area contributed by atoms with Crippen LogP contribution in [0.4, 0.5) is 5.69 Å². The number of hydrogen-bond acceptors (Lipinski definition) is 4. The topological polar surface area (TPSA) is 70.1 Å². The van der Waals surface area contributed by atoms with Gasteiger partial charge in [0.15, 0.2) is 0 Å². The van der Waals surface area contributed by atoms with Crippen molar-refractivity contribution in [2.24, 2.45) is 4.74 Å². The second-order valence-electron chi connectivity index (χ2n) is 9.89. The van der Waals surface area contributed by atoms with Crippen molar-refractivity contribution >= 4 is 46.4 Å². The lowest BCUT2D eigenvalue weighted by molar-refractivity contribution is -0.139. The fraction of sp³-hybridized carbons (Fsp3) is 0.206. The predicted molar refractivity (Wildman–Crippen MR) is 166 cm³/mol. The summed E-state index contributed by atoms with van der Waals surface area (Å²) < 4.78 is 5.51. The molecule has 1 atom stereocenters. The average molecular weight is 564 g/mol. The Labute approximate surface area is 241 Å². The molecule has 1 aliphatic heterocycles. The number of amides is 3. The molecule has 1 heterocycles. The Morgan fingerprint density at radius 3 is 1.71 bits per heavy atom. The molecule has 41 heavy (non-hydrogen) atoms. The SMILES string of the molecule is CCN(CC)C(=O)[C@@H]1CCC(=O)N1C(=O)c1ccccc1N=P(c1ccccc1)(c1ccccc1)c1ccccc1. The summed E-state index contributed by atoms with van der Waals surface area (Å²) in [4.78, 5) is 43.4. The van der Waals surface area contributed by atoms with Gasteiger partial charge in [0.25, 0.3) is 5.91 Å². The molecular weight excluding hydrogens is 529 g/mol. The summed E-state index contributed by atoms with van der Waals surface area (Å²) in [6, 6.07) is 36.9. The second kappa shape index (κ2) is 12.5. The molecule has 0 N–H and O–H groups in total. The van der Waals surface area contributed by atoms with Crippen LogP contribution in [0.3, 0.4) is 0 Å². The van der Waals surface area contributed by atoms with E-state index in [2.05, 4.69) is 36.4 Å². The van der Waals surface area contributed by atoms with E-state index in [0.717, 1.165) is 15.9 Å². The number of imide groups is 1. The summed E-state index contributed by atoms with van der Waals surface area (Å²) in [5.74, 6) is -1.00. The van der Waals surface area contributed by atoms with E-state index in [-0.39, 0.29) is 18.2 Å². The Morgan fingerprint density at radius 2 is 1.22 bits per heavy atom. The van der Waals surface area contributed by atoms with Gasteiger partial charge < -0.3 is 4.90 Å². The van der Waals surface area contributed by atoms with Crippen molar-refractivity contribution < 1.29 is 14.4 Å². The van der Waals surface area contributed by atoms with Crippen molar-refractivity contribution in [3.63, 3.8) is 0 Å². The summed E-state index contributed by atoms with van der Waals surface area (Å²) >= 11 is 0. The first-order chi connectivity index (χ1) is 20.0. The highest BCUT2D eigenvalue weighted by molar-refractivity contribution is 7.87. The van der Waals surface area contributed by atoms with Crippen molar-refractivity contribution in [2.75, 3.05) is 13.1 Å². The van der Waals surface area contributed by atoms with Crippen LogP contribution in [0.2, 0.25) is 0 Å². The van der Waals surface area contributed by atoms with Gasteiger partial charge in [0, 0.05) is 35.4 Å². The van der Waals surface area contributed by atoms with E-state index in [1.807, 2.05) is 80.6 Å². The molecule has 208 valence electrons. The molecular formula is C34H34N3O3P. The molecule has 4 aromatic rings. The maximum atomic E-state index is 14.2. The number of hydrogen-bond donors (Lipinski definition) is 0. The van der Waals surface area contributed by atoms with Crippen LogP contribution in [0.5, 0.6) is 0 Å². The van der Waals surface area contributed by atoms with Gasteiger partial charge in [-0.15, -0.1) is 0 Å². The lowest BCUT2D eigenvalue weighted by Gasteiger charge is -2.29. The van der Waals surface area contributed by atoms with Crippen molar-refractivity contribution in [1.29, 1.82) is 0 Å². The molecule has 1 fully saturated rings. The van der Waals surface area contributed by atoms with Crippen LogP contribution in [-0.2, 0) is 9.59 Å². The predicted octanol–water partition coefficient (Wildman–Crippen LogP) is 5.50. The van der Waals surface area contributed by atoms with Crippen molar-refractivity contribution in [2.45, 2.75) is 32.7 Å². The highest BCUT2D eigenvalue weighted by Crippen LogP contribution is 2.50. The Bertz CT molecular complexity index is 1480. The van der Waals surface area contributed by atoms with Crippen LogP contribution >= 0.6 is 7.05 Å². The smallest absolute Gasteiger partial charge is 0.263 e. The summed E-state index contributed by atoms with van der Waals surface area (Å²) in [6.07, 6.45) is 0.492. The van der Waals surface area contributed by atoms with E-state index in [4.69, 9.17) is 4.74 Å². The van der Waals surface area contributed by atoms with E-state index >= 15 is 0 Å². The highest BCUT2D eigenvalue weighted by Gasteiger charge is 2.42. The standard InChI is InChI=1S/C34H34N3O3P/c1-3-36(4-2)34(40)31-24-25-32(38)37(31)33(39)29-22-14-15-23-30(29)35-41(26-16-8-5-9-17-26,27-18-10-6-11-19-27)28-20-12-7-13-21-28/h5-23,31H,3-4,24-25H2,1-2H3/t31-/m0/s1. The van der Waals surface area contributed by atoms with Crippen molar-refractivity contribution in [3.8, 4) is 0 Å². The molecule has 0 unspecified atom stereocenters. The Hall–Kier alpha value is -4.28. The number of likely N-dealkylation sites (tertiary alicyclic amines) is 1. The fourth-order valence-corrected chi connectivity index (χ4v) is 9.05. The van der Waals surface area contributed by atoms with E-state index in [1.54, 1.807) is 17.0 Å². The largest absolute Gasteiger partial charge is 0.341 e. The molecule has 0 bridgehead atoms. The van der Waals surface area contributed by atoms with Gasteiger partial charge >= 0.3 is 0 Å². The number of benzene rings is 4. The summed E-state index contributed by atoms with van der Waals surface area (Å²) in [5.41, 5.74) is 0.809. The minimum atomic E-state index is -2.65. The average Bonchev–Trinajstić information content (AvgIpc) is 3.42. The van der Waals surface area contributed by atoms with Crippen LogP contribution in [0.25, 0.3) is 0 Å². The van der Waals surface area contributed by atoms with E-state index in [0.29, 0.717) is 30.8 Å². The number of carbonyl (C=O) groups is 3. The monoisotopic (exact) mass is 563 g/mol. The quantitative estimate of drug-likeness (QED) is 0.210. The molecule has 0 saturated carbocycles. The summed E-state index contributed by atoms with van der Waals surface area (Å²) in [6.45, 7) is 4.84. The van der Waals surface area contributed by atoms with E-state index in [1.165, 1.54) is 4.90 Å². The molecule has 7 heteroatoms. The van der Waals surface area contributed by atoms with Gasteiger partial charge in [-0.25, -0.2) is 0 Å². The minimum Gasteiger partial charge on any atom is -0.341 e. The minimum absolute atomic E-state index is 0.164. The molecule has 0 radical (unpaired) electrons. The second-order valence-corrected chi connectivity index (χ2v) is 12.9. The van der Waals surface area contributed by atoms with Gasteiger partial charge in [-0.2, -0.15) is 0 Å². The molecule has 1 saturated heterocycles. The molecule has 3 amide bonds. The van der Waals surface area contributed by atoms with E-state index < -0.39 is 19.0 Å². The summed E-state index contributed by atoms with van der Waals surface area (Å²) in [5, 5.41) is 3.14. The van der Waals surface area contributed by atoms with Crippen molar-refractivity contribution in [1.82, 2.24) is 9.80 Å². The van der Waals surface area contributed by atoms with E-state index in [9.17, 15) is 14.4 Å². The van der Waals surface area contributed by atoms with Gasteiger partial charge in [-0.3, -0.25) is 24.0 Å². The number of nitrogens with zero attached hydrogens (tertiary/aromatic N) is 3. The molecule has 5 rings (SSSR count). The first-order valence-corrected chi connectivity index (χ1v) is 15.8. The number of rotatable bonds is 8. The van der Waals surface area contributed by atoms with Gasteiger partial charge in [0.1, 0.15) is 6.04 Å². The fourth-order valence-electron chi connectivity index (χ4n) is 5.50. The first-order valence-electron chi connectivity index (χ1n) is 14.0. The normalized spacial score (nSPS) is 15.0. The first kappa shape index (κ1) is 28.3. The van der Waals surface area contributed by atoms with Gasteiger partial charge in [0.2, 0.25) is 11.8 Å². The Balaban J connectivity index is 1.73. The van der Waals surface area contributed by atoms with Crippen LogP contribution in [-0.4, -0.2) is 46.7 Å². The Morgan fingerprint density at radius 1 is 0.756 bits per heavy atom. The van der Waals surface area contributed by atoms with Crippen molar-refractivity contribution in [3.05, 3.63) is 121 Å². The van der Waals surface area contributed by atoms with Crippen LogP contribution in [0.15, 0.2) is 120 Å². The third-order valence-electron chi connectivity index (χ3n) is 7.57. The number of carbonyl (C=O) groups excluding carboxylic acids is 3. The Kier molecular flexibility index (Phi) is 8.61. The molecule has 6 nitrogen and oxygen atoms in total. The highest BCUT2D eigenvalue weighted by atomic mass is 31.2.